The first-order chi connectivity index (χ1) is 8.76. The summed E-state index contributed by atoms with van der Waals surface area (Å²) in [6.07, 6.45) is 2.09. The SMILES string of the molecule is COCC(CCCN)N1CCN2C(=O)NCC2C1. The molecule has 6 nitrogen and oxygen atoms in total. The lowest BCUT2D eigenvalue weighted by molar-refractivity contribution is 0.0409. The van der Waals surface area contributed by atoms with Gasteiger partial charge >= 0.3 is 6.03 Å². The molecule has 104 valence electrons. The molecule has 0 radical (unpaired) electrons. The molecule has 2 unspecified atom stereocenters. The molecule has 0 spiro atoms. The van der Waals surface area contributed by atoms with Gasteiger partial charge in [-0.05, 0) is 19.4 Å². The van der Waals surface area contributed by atoms with Crippen molar-refractivity contribution in [3.05, 3.63) is 0 Å². The van der Waals surface area contributed by atoms with Crippen LogP contribution < -0.4 is 11.1 Å². The van der Waals surface area contributed by atoms with E-state index in [-0.39, 0.29) is 6.03 Å². The van der Waals surface area contributed by atoms with Crippen molar-refractivity contribution in [3.8, 4) is 0 Å². The van der Waals surface area contributed by atoms with Gasteiger partial charge in [-0.2, -0.15) is 0 Å². The number of amides is 2. The van der Waals surface area contributed by atoms with Crippen LogP contribution in [0.15, 0.2) is 0 Å². The molecule has 0 saturated carbocycles. The number of piperazine rings is 1. The Morgan fingerprint density at radius 2 is 2.39 bits per heavy atom. The van der Waals surface area contributed by atoms with E-state index in [4.69, 9.17) is 10.5 Å². The fourth-order valence-corrected chi connectivity index (χ4v) is 2.88. The van der Waals surface area contributed by atoms with Crippen LogP contribution in [-0.2, 0) is 4.74 Å². The monoisotopic (exact) mass is 256 g/mol. The molecular weight excluding hydrogens is 232 g/mol. The molecule has 6 heteroatoms. The van der Waals surface area contributed by atoms with Gasteiger partial charge in [0.2, 0.25) is 0 Å². The molecule has 2 heterocycles. The molecule has 3 N–H and O–H groups in total. The zero-order chi connectivity index (χ0) is 13.0. The van der Waals surface area contributed by atoms with Crippen LogP contribution in [0.4, 0.5) is 4.79 Å². The molecule has 2 rings (SSSR count). The first-order valence-corrected chi connectivity index (χ1v) is 6.73. The van der Waals surface area contributed by atoms with E-state index in [2.05, 4.69) is 10.2 Å². The molecule has 0 aliphatic carbocycles. The average molecular weight is 256 g/mol. The van der Waals surface area contributed by atoms with Crippen molar-refractivity contribution in [2.24, 2.45) is 5.73 Å². The second-order valence-electron chi connectivity index (χ2n) is 5.07. The third-order valence-electron chi connectivity index (χ3n) is 3.88. The molecule has 2 amide bonds. The van der Waals surface area contributed by atoms with Gasteiger partial charge in [0.05, 0.1) is 12.6 Å². The van der Waals surface area contributed by atoms with E-state index in [0.717, 1.165) is 52.2 Å². The number of ether oxygens (including phenoxy) is 1. The van der Waals surface area contributed by atoms with E-state index >= 15 is 0 Å². The maximum atomic E-state index is 11.5. The molecule has 0 bridgehead atoms. The number of carbonyl (C=O) groups is 1. The summed E-state index contributed by atoms with van der Waals surface area (Å²) >= 11 is 0. The van der Waals surface area contributed by atoms with Crippen LogP contribution in [0.2, 0.25) is 0 Å². The highest BCUT2D eigenvalue weighted by molar-refractivity contribution is 5.77. The van der Waals surface area contributed by atoms with E-state index in [9.17, 15) is 4.79 Å². The van der Waals surface area contributed by atoms with E-state index < -0.39 is 0 Å². The van der Waals surface area contributed by atoms with Crippen molar-refractivity contribution < 1.29 is 9.53 Å². The Balaban J connectivity index is 1.89. The fraction of sp³-hybridized carbons (Fsp3) is 0.917. The van der Waals surface area contributed by atoms with Gasteiger partial charge in [0, 0.05) is 39.3 Å². The second-order valence-corrected chi connectivity index (χ2v) is 5.07. The quantitative estimate of drug-likeness (QED) is 0.669. The Hall–Kier alpha value is -0.850. The standard InChI is InChI=1S/C12H24N4O2/c1-18-9-10(3-2-4-13)15-5-6-16-11(8-15)7-14-12(16)17/h10-11H,2-9,13H2,1H3,(H,14,17). The smallest absolute Gasteiger partial charge is 0.317 e. The molecule has 2 fully saturated rings. The first kappa shape index (κ1) is 13.6. The number of nitrogens with one attached hydrogen (secondary N) is 1. The molecule has 2 atom stereocenters. The summed E-state index contributed by atoms with van der Waals surface area (Å²) in [6, 6.07) is 0.838. The van der Waals surface area contributed by atoms with Gasteiger partial charge in [0.15, 0.2) is 0 Å². The lowest BCUT2D eigenvalue weighted by atomic mass is 10.1. The molecule has 18 heavy (non-hydrogen) atoms. The minimum atomic E-state index is 0.0879. The van der Waals surface area contributed by atoms with E-state index in [0.29, 0.717) is 12.1 Å². The maximum Gasteiger partial charge on any atom is 0.317 e. The van der Waals surface area contributed by atoms with Crippen molar-refractivity contribution >= 4 is 6.03 Å². The Bertz CT molecular complexity index is 287. The molecule has 0 aromatic heterocycles. The summed E-state index contributed by atoms with van der Waals surface area (Å²) in [5.74, 6) is 0. The lowest BCUT2D eigenvalue weighted by Crippen LogP contribution is -2.55. The predicted molar refractivity (Wildman–Crippen MR) is 69.4 cm³/mol. The highest BCUT2D eigenvalue weighted by Crippen LogP contribution is 2.18. The number of fused-ring (bicyclic) bond motifs is 1. The summed E-state index contributed by atoms with van der Waals surface area (Å²) in [5, 5.41) is 2.91. The van der Waals surface area contributed by atoms with Crippen molar-refractivity contribution in [1.29, 1.82) is 0 Å². The van der Waals surface area contributed by atoms with Crippen molar-refractivity contribution in [3.63, 3.8) is 0 Å². The Labute approximate surface area is 108 Å². The van der Waals surface area contributed by atoms with Gasteiger partial charge in [-0.3, -0.25) is 4.90 Å². The van der Waals surface area contributed by atoms with Crippen molar-refractivity contribution in [1.82, 2.24) is 15.1 Å². The largest absolute Gasteiger partial charge is 0.383 e. The number of urea groups is 1. The fourth-order valence-electron chi connectivity index (χ4n) is 2.88. The zero-order valence-corrected chi connectivity index (χ0v) is 11.1. The van der Waals surface area contributed by atoms with Crippen LogP contribution in [0.25, 0.3) is 0 Å². The van der Waals surface area contributed by atoms with Crippen LogP contribution >= 0.6 is 0 Å². The highest BCUT2D eigenvalue weighted by atomic mass is 16.5. The van der Waals surface area contributed by atoms with Crippen LogP contribution in [0.5, 0.6) is 0 Å². The summed E-state index contributed by atoms with van der Waals surface area (Å²) in [6.45, 7) is 4.93. The Morgan fingerprint density at radius 3 is 3.11 bits per heavy atom. The number of hydrogen-bond acceptors (Lipinski definition) is 4. The average Bonchev–Trinajstić information content (AvgIpc) is 2.76. The summed E-state index contributed by atoms with van der Waals surface area (Å²) < 4.78 is 5.31. The van der Waals surface area contributed by atoms with Crippen LogP contribution in [0.1, 0.15) is 12.8 Å². The third kappa shape index (κ3) is 2.93. The van der Waals surface area contributed by atoms with Gasteiger partial charge in [0.1, 0.15) is 0 Å². The van der Waals surface area contributed by atoms with Crippen LogP contribution in [0, 0.1) is 0 Å². The normalized spacial score (nSPS) is 26.0. The van der Waals surface area contributed by atoms with Gasteiger partial charge in [-0.1, -0.05) is 0 Å². The number of methoxy groups -OCH3 is 1. The highest BCUT2D eigenvalue weighted by Gasteiger charge is 2.37. The first-order valence-electron chi connectivity index (χ1n) is 6.73. The third-order valence-corrected chi connectivity index (χ3v) is 3.88. The predicted octanol–water partition coefficient (Wildman–Crippen LogP) is -0.550. The van der Waals surface area contributed by atoms with E-state index in [1.807, 2.05) is 4.90 Å². The Morgan fingerprint density at radius 1 is 1.56 bits per heavy atom. The van der Waals surface area contributed by atoms with Gasteiger partial charge in [-0.15, -0.1) is 0 Å². The topological polar surface area (TPSA) is 70.8 Å². The Kier molecular flexibility index (Phi) is 4.79. The molecular formula is C12H24N4O2. The number of carbonyl (C=O) groups excluding carboxylic acids is 1. The van der Waals surface area contributed by atoms with Gasteiger partial charge < -0.3 is 20.7 Å². The summed E-state index contributed by atoms with van der Waals surface area (Å²) in [7, 11) is 1.74. The van der Waals surface area contributed by atoms with Gasteiger partial charge in [0.25, 0.3) is 0 Å². The van der Waals surface area contributed by atoms with Crippen LogP contribution in [0.3, 0.4) is 0 Å². The van der Waals surface area contributed by atoms with E-state index in [1.54, 1.807) is 7.11 Å². The number of nitrogens with zero attached hydrogens (tertiary/aromatic N) is 2. The van der Waals surface area contributed by atoms with Crippen molar-refractivity contribution in [2.45, 2.75) is 24.9 Å². The summed E-state index contributed by atoms with van der Waals surface area (Å²) in [4.78, 5) is 15.9. The molecule has 0 aromatic rings. The molecule has 2 saturated heterocycles. The number of hydrogen-bond donors (Lipinski definition) is 2. The molecule has 2 aliphatic rings. The maximum absolute atomic E-state index is 11.5. The second kappa shape index (κ2) is 6.36. The van der Waals surface area contributed by atoms with Gasteiger partial charge in [-0.25, -0.2) is 4.79 Å². The zero-order valence-electron chi connectivity index (χ0n) is 11.1. The van der Waals surface area contributed by atoms with E-state index in [1.165, 1.54) is 0 Å². The summed E-state index contributed by atoms with van der Waals surface area (Å²) in [5.41, 5.74) is 5.58. The lowest BCUT2D eigenvalue weighted by Gasteiger charge is -2.40. The minimum absolute atomic E-state index is 0.0879. The minimum Gasteiger partial charge on any atom is -0.383 e. The van der Waals surface area contributed by atoms with Crippen molar-refractivity contribution in [2.75, 3.05) is 46.4 Å². The molecule has 0 aromatic carbocycles. The van der Waals surface area contributed by atoms with Crippen LogP contribution in [-0.4, -0.2) is 74.4 Å². The number of rotatable bonds is 6. The molecule has 2 aliphatic heterocycles. The number of nitrogens with two attached hydrogens (primary N) is 1.